The van der Waals surface area contributed by atoms with Crippen molar-refractivity contribution < 1.29 is 13.2 Å². The summed E-state index contributed by atoms with van der Waals surface area (Å²) in [5, 5.41) is 0. The molecule has 26 heavy (non-hydrogen) atoms. The lowest BCUT2D eigenvalue weighted by molar-refractivity contribution is 0.300. The number of nitrogens with zero attached hydrogens (tertiary/aromatic N) is 1. The molecule has 1 atom stereocenters. The van der Waals surface area contributed by atoms with Crippen molar-refractivity contribution in [2.24, 2.45) is 0 Å². The summed E-state index contributed by atoms with van der Waals surface area (Å²) in [4.78, 5) is 0. The van der Waals surface area contributed by atoms with Gasteiger partial charge in [-0.3, -0.25) is 0 Å². The van der Waals surface area contributed by atoms with E-state index in [1.54, 1.807) is 11.4 Å². The molecular weight excluding hydrogens is 348 g/mol. The van der Waals surface area contributed by atoms with Gasteiger partial charge in [0.25, 0.3) is 10.2 Å². The van der Waals surface area contributed by atoms with E-state index in [4.69, 9.17) is 4.74 Å². The molecule has 0 fully saturated rings. The van der Waals surface area contributed by atoms with Gasteiger partial charge in [0.15, 0.2) is 0 Å². The summed E-state index contributed by atoms with van der Waals surface area (Å²) in [5.41, 5.74) is 3.34. The fraction of sp³-hybridized carbons (Fsp3) is 0.400. The van der Waals surface area contributed by atoms with Gasteiger partial charge >= 0.3 is 0 Å². The number of hydrogen-bond acceptors (Lipinski definition) is 3. The second kappa shape index (κ2) is 8.20. The van der Waals surface area contributed by atoms with Gasteiger partial charge in [0.05, 0.1) is 13.2 Å². The Hall–Kier alpha value is -1.89. The Morgan fingerprint density at radius 3 is 2.65 bits per heavy atom. The second-order valence-electron chi connectivity index (χ2n) is 6.53. The summed E-state index contributed by atoms with van der Waals surface area (Å²) in [6.07, 6.45) is 2.10. The van der Waals surface area contributed by atoms with Gasteiger partial charge in [-0.15, -0.1) is 0 Å². The van der Waals surface area contributed by atoms with E-state index in [9.17, 15) is 8.42 Å². The number of benzene rings is 2. The van der Waals surface area contributed by atoms with Crippen LogP contribution in [0.4, 0.5) is 0 Å². The molecule has 5 nitrogen and oxygen atoms in total. The smallest absolute Gasteiger partial charge is 0.280 e. The van der Waals surface area contributed by atoms with E-state index in [-0.39, 0.29) is 6.04 Å². The highest BCUT2D eigenvalue weighted by Crippen LogP contribution is 2.35. The van der Waals surface area contributed by atoms with Crippen molar-refractivity contribution >= 4 is 10.2 Å². The van der Waals surface area contributed by atoms with Gasteiger partial charge in [-0.05, 0) is 48.1 Å². The maximum absolute atomic E-state index is 12.9. The predicted molar refractivity (Wildman–Crippen MR) is 104 cm³/mol. The summed E-state index contributed by atoms with van der Waals surface area (Å²) >= 11 is 0. The van der Waals surface area contributed by atoms with Gasteiger partial charge in [0.2, 0.25) is 0 Å². The van der Waals surface area contributed by atoms with Crippen molar-refractivity contribution in [2.45, 2.75) is 32.2 Å². The standard InChI is InChI=1S/C20H26N2O3S/c1-3-12-21-26(23,24)22-13-11-17-15-18(25-2)9-10-19(17)20(22)14-16-7-5-4-6-8-16/h4-10,15,20-21H,3,11-14H2,1-2H3. The Bertz CT molecular complexity index is 837. The first-order valence-corrected chi connectivity index (χ1v) is 10.5. The Kier molecular flexibility index (Phi) is 5.96. The maximum atomic E-state index is 12.9. The first kappa shape index (κ1) is 18.9. The molecule has 0 saturated carbocycles. The number of methoxy groups -OCH3 is 1. The van der Waals surface area contributed by atoms with Crippen molar-refractivity contribution in [1.29, 1.82) is 0 Å². The lowest BCUT2D eigenvalue weighted by Crippen LogP contribution is -2.47. The molecule has 3 rings (SSSR count). The molecule has 1 heterocycles. The number of fused-ring (bicyclic) bond motifs is 1. The van der Waals surface area contributed by atoms with Crippen LogP contribution in [0, 0.1) is 0 Å². The maximum Gasteiger partial charge on any atom is 0.280 e. The topological polar surface area (TPSA) is 58.6 Å². The largest absolute Gasteiger partial charge is 0.497 e. The lowest BCUT2D eigenvalue weighted by atomic mass is 9.90. The van der Waals surface area contributed by atoms with E-state index in [0.717, 1.165) is 28.9 Å². The molecule has 1 aliphatic heterocycles. The third-order valence-electron chi connectivity index (χ3n) is 4.77. The van der Waals surface area contributed by atoms with Gasteiger partial charge in [-0.1, -0.05) is 43.3 Å². The van der Waals surface area contributed by atoms with Crippen LogP contribution in [-0.2, 0) is 23.1 Å². The Morgan fingerprint density at radius 1 is 1.19 bits per heavy atom. The van der Waals surface area contributed by atoms with E-state index < -0.39 is 10.2 Å². The van der Waals surface area contributed by atoms with Gasteiger partial charge in [-0.2, -0.15) is 12.7 Å². The zero-order chi connectivity index (χ0) is 18.6. The van der Waals surface area contributed by atoms with Gasteiger partial charge in [-0.25, -0.2) is 4.72 Å². The molecule has 140 valence electrons. The Balaban J connectivity index is 1.98. The molecule has 1 N–H and O–H groups in total. The molecule has 0 saturated heterocycles. The fourth-order valence-corrected chi connectivity index (χ4v) is 4.93. The van der Waals surface area contributed by atoms with Crippen molar-refractivity contribution in [1.82, 2.24) is 9.03 Å². The summed E-state index contributed by atoms with van der Waals surface area (Å²) < 4.78 is 35.4. The van der Waals surface area contributed by atoms with Crippen LogP contribution >= 0.6 is 0 Å². The van der Waals surface area contributed by atoms with Crippen molar-refractivity contribution in [3.63, 3.8) is 0 Å². The van der Waals surface area contributed by atoms with E-state index in [1.807, 2.05) is 55.5 Å². The van der Waals surface area contributed by atoms with Gasteiger partial charge < -0.3 is 4.74 Å². The van der Waals surface area contributed by atoms with E-state index in [1.165, 1.54) is 0 Å². The van der Waals surface area contributed by atoms with E-state index >= 15 is 0 Å². The summed E-state index contributed by atoms with van der Waals surface area (Å²) in [6.45, 7) is 2.88. The highest BCUT2D eigenvalue weighted by Gasteiger charge is 2.35. The zero-order valence-corrected chi connectivity index (χ0v) is 16.1. The number of rotatable bonds is 7. The number of hydrogen-bond donors (Lipinski definition) is 1. The van der Waals surface area contributed by atoms with Crippen LogP contribution < -0.4 is 9.46 Å². The molecule has 1 unspecified atom stereocenters. The Labute approximate surface area is 156 Å². The third kappa shape index (κ3) is 4.09. The highest BCUT2D eigenvalue weighted by molar-refractivity contribution is 7.87. The molecular formula is C20H26N2O3S. The SMILES string of the molecule is CCCNS(=O)(=O)N1CCc2cc(OC)ccc2C1Cc1ccccc1. The van der Waals surface area contributed by atoms with Crippen molar-refractivity contribution in [3.05, 3.63) is 65.2 Å². The minimum absolute atomic E-state index is 0.221. The first-order valence-electron chi connectivity index (χ1n) is 9.02. The van der Waals surface area contributed by atoms with Crippen LogP contribution in [0.1, 0.15) is 36.1 Å². The molecule has 2 aromatic carbocycles. The normalized spacial score (nSPS) is 17.7. The summed E-state index contributed by atoms with van der Waals surface area (Å²) in [5.74, 6) is 0.808. The van der Waals surface area contributed by atoms with Crippen LogP contribution in [0.2, 0.25) is 0 Å². The highest BCUT2D eigenvalue weighted by atomic mass is 32.2. The molecule has 0 spiro atoms. The first-order chi connectivity index (χ1) is 12.5. The fourth-order valence-electron chi connectivity index (χ4n) is 3.44. The number of nitrogens with one attached hydrogen (secondary N) is 1. The third-order valence-corrected chi connectivity index (χ3v) is 6.40. The molecule has 6 heteroatoms. The predicted octanol–water partition coefficient (Wildman–Crippen LogP) is 3.08. The molecule has 0 aliphatic carbocycles. The average molecular weight is 375 g/mol. The van der Waals surface area contributed by atoms with Crippen LogP contribution in [0.15, 0.2) is 48.5 Å². The monoisotopic (exact) mass is 374 g/mol. The van der Waals surface area contributed by atoms with E-state index in [0.29, 0.717) is 25.9 Å². The molecule has 0 aromatic heterocycles. The van der Waals surface area contributed by atoms with E-state index in [2.05, 4.69) is 4.72 Å². The van der Waals surface area contributed by atoms with Crippen molar-refractivity contribution in [3.8, 4) is 5.75 Å². The van der Waals surface area contributed by atoms with Gasteiger partial charge in [0, 0.05) is 13.1 Å². The number of ether oxygens (including phenoxy) is 1. The van der Waals surface area contributed by atoms with Crippen LogP contribution in [-0.4, -0.2) is 32.9 Å². The quantitative estimate of drug-likeness (QED) is 0.810. The second-order valence-corrected chi connectivity index (χ2v) is 8.24. The molecule has 1 aliphatic rings. The minimum atomic E-state index is -3.52. The molecule has 0 bridgehead atoms. The summed E-state index contributed by atoms with van der Waals surface area (Å²) in [7, 11) is -1.87. The summed E-state index contributed by atoms with van der Waals surface area (Å²) in [6, 6.07) is 15.8. The molecule has 0 amide bonds. The van der Waals surface area contributed by atoms with Crippen molar-refractivity contribution in [2.75, 3.05) is 20.2 Å². The zero-order valence-electron chi connectivity index (χ0n) is 15.3. The van der Waals surface area contributed by atoms with Crippen LogP contribution in [0.25, 0.3) is 0 Å². The molecule has 0 radical (unpaired) electrons. The van der Waals surface area contributed by atoms with Gasteiger partial charge in [0.1, 0.15) is 5.75 Å². The van der Waals surface area contributed by atoms with Crippen LogP contribution in [0.5, 0.6) is 5.75 Å². The minimum Gasteiger partial charge on any atom is -0.497 e. The Morgan fingerprint density at radius 2 is 1.96 bits per heavy atom. The molecule has 2 aromatic rings. The van der Waals surface area contributed by atoms with Crippen LogP contribution in [0.3, 0.4) is 0 Å². The average Bonchev–Trinajstić information content (AvgIpc) is 2.66. The lowest BCUT2D eigenvalue weighted by Gasteiger charge is -2.36.